The summed E-state index contributed by atoms with van der Waals surface area (Å²) in [4.78, 5) is 10.8. The van der Waals surface area contributed by atoms with Gasteiger partial charge in [-0.15, -0.1) is 0 Å². The van der Waals surface area contributed by atoms with Crippen molar-refractivity contribution < 1.29 is 9.84 Å². The lowest BCUT2D eigenvalue weighted by Gasteiger charge is -2.34. The molecule has 1 aliphatic heterocycles. The van der Waals surface area contributed by atoms with E-state index in [4.69, 9.17) is 4.74 Å². The van der Waals surface area contributed by atoms with Gasteiger partial charge in [-0.05, 0) is 31.1 Å². The number of aliphatic hydroxyl groups is 1. The number of methoxy groups -OCH3 is 1. The van der Waals surface area contributed by atoms with E-state index < -0.39 is 0 Å². The van der Waals surface area contributed by atoms with Crippen molar-refractivity contribution in [2.24, 2.45) is 11.8 Å². The first-order chi connectivity index (χ1) is 9.60. The van der Waals surface area contributed by atoms with E-state index in [0.717, 1.165) is 38.3 Å². The topological polar surface area (TPSA) is 58.5 Å². The molecule has 0 aromatic carbocycles. The number of rotatable bonds is 5. The number of hydrogen-bond acceptors (Lipinski definition) is 5. The van der Waals surface area contributed by atoms with Crippen LogP contribution in [0.25, 0.3) is 0 Å². The Bertz CT molecular complexity index is 400. The quantitative estimate of drug-likeness (QED) is 0.894. The Hall–Kier alpha value is -1.36. The molecular weight excluding hydrogens is 254 g/mol. The number of piperidine rings is 1. The molecule has 5 heteroatoms. The first kappa shape index (κ1) is 15.0. The molecular formula is C15H25N3O2. The van der Waals surface area contributed by atoms with Crippen LogP contribution in [-0.4, -0.2) is 41.4 Å². The van der Waals surface area contributed by atoms with Crippen LogP contribution in [0.4, 0.5) is 5.95 Å². The Morgan fingerprint density at radius 3 is 2.40 bits per heavy atom. The van der Waals surface area contributed by atoms with Crippen LogP contribution in [0.1, 0.15) is 33.1 Å². The number of hydrogen-bond donors (Lipinski definition) is 1. The first-order valence-electron chi connectivity index (χ1n) is 7.39. The molecule has 2 rings (SSSR count). The molecule has 0 aliphatic carbocycles. The molecule has 1 aliphatic rings. The second-order valence-corrected chi connectivity index (χ2v) is 5.94. The zero-order valence-corrected chi connectivity index (χ0v) is 12.6. The predicted molar refractivity (Wildman–Crippen MR) is 79.0 cm³/mol. The molecule has 1 N–H and O–H groups in total. The molecule has 1 atom stereocenters. The molecule has 0 radical (unpaired) electrons. The molecule has 20 heavy (non-hydrogen) atoms. The molecule has 112 valence electrons. The van der Waals surface area contributed by atoms with Gasteiger partial charge in [0.15, 0.2) is 5.75 Å². The summed E-state index contributed by atoms with van der Waals surface area (Å²) in [7, 11) is 1.61. The molecule has 5 nitrogen and oxygen atoms in total. The number of anilines is 1. The van der Waals surface area contributed by atoms with Crippen LogP contribution < -0.4 is 9.64 Å². The minimum absolute atomic E-state index is 0.172. The summed E-state index contributed by atoms with van der Waals surface area (Å²) in [5.74, 6) is 2.39. The maximum Gasteiger partial charge on any atom is 0.225 e. The fourth-order valence-electron chi connectivity index (χ4n) is 2.74. The standard InChI is InChI=1S/C15H25N3O2/c1-11(2)8-14(19)12-4-6-18(7-5-12)15-16-9-13(20-3)10-17-15/h9-12,14,19H,4-8H2,1-3H3/t14-/m1/s1. The van der Waals surface area contributed by atoms with Crippen LogP contribution in [0.3, 0.4) is 0 Å². The molecule has 1 aromatic heterocycles. The van der Waals surface area contributed by atoms with Crippen molar-refractivity contribution >= 4 is 5.95 Å². The lowest BCUT2D eigenvalue weighted by molar-refractivity contribution is 0.0733. The maximum absolute atomic E-state index is 10.2. The van der Waals surface area contributed by atoms with E-state index in [-0.39, 0.29) is 6.10 Å². The average molecular weight is 279 g/mol. The Morgan fingerprint density at radius 2 is 1.90 bits per heavy atom. The Balaban J connectivity index is 1.87. The zero-order chi connectivity index (χ0) is 14.5. The highest BCUT2D eigenvalue weighted by molar-refractivity contribution is 5.31. The van der Waals surface area contributed by atoms with Gasteiger partial charge in [-0.25, -0.2) is 9.97 Å². The van der Waals surface area contributed by atoms with Gasteiger partial charge in [0.25, 0.3) is 0 Å². The van der Waals surface area contributed by atoms with Crippen LogP contribution in [0.5, 0.6) is 5.75 Å². The number of ether oxygens (including phenoxy) is 1. The molecule has 0 amide bonds. The van der Waals surface area contributed by atoms with E-state index in [9.17, 15) is 5.11 Å². The summed E-state index contributed by atoms with van der Waals surface area (Å²) in [6.07, 6.45) is 6.12. The maximum atomic E-state index is 10.2. The van der Waals surface area contributed by atoms with E-state index in [1.54, 1.807) is 19.5 Å². The van der Waals surface area contributed by atoms with Gasteiger partial charge in [-0.3, -0.25) is 0 Å². The molecule has 0 spiro atoms. The Kier molecular flexibility index (Phi) is 5.17. The van der Waals surface area contributed by atoms with Gasteiger partial charge in [0.05, 0.1) is 25.6 Å². The third-order valence-corrected chi connectivity index (χ3v) is 3.93. The number of aliphatic hydroxyl groups excluding tert-OH is 1. The van der Waals surface area contributed by atoms with Gasteiger partial charge in [0, 0.05) is 13.1 Å². The van der Waals surface area contributed by atoms with Crippen LogP contribution >= 0.6 is 0 Å². The van der Waals surface area contributed by atoms with Crippen molar-refractivity contribution in [3.8, 4) is 5.75 Å². The smallest absolute Gasteiger partial charge is 0.225 e. The van der Waals surface area contributed by atoms with Crippen LogP contribution in [0.15, 0.2) is 12.4 Å². The van der Waals surface area contributed by atoms with Gasteiger partial charge < -0.3 is 14.7 Å². The summed E-state index contributed by atoms with van der Waals surface area (Å²) in [6, 6.07) is 0. The highest BCUT2D eigenvalue weighted by Crippen LogP contribution is 2.26. The van der Waals surface area contributed by atoms with Crippen LogP contribution in [-0.2, 0) is 0 Å². The summed E-state index contributed by atoms with van der Waals surface area (Å²) in [5, 5.41) is 10.2. The van der Waals surface area contributed by atoms with Crippen molar-refractivity contribution in [3.63, 3.8) is 0 Å². The van der Waals surface area contributed by atoms with E-state index in [0.29, 0.717) is 17.6 Å². The molecule has 2 heterocycles. The third kappa shape index (κ3) is 3.82. The normalized spacial score (nSPS) is 18.4. The lowest BCUT2D eigenvalue weighted by Crippen LogP contribution is -2.39. The van der Waals surface area contributed by atoms with Crippen molar-refractivity contribution in [1.29, 1.82) is 0 Å². The zero-order valence-electron chi connectivity index (χ0n) is 12.6. The highest BCUT2D eigenvalue weighted by Gasteiger charge is 2.26. The van der Waals surface area contributed by atoms with Crippen molar-refractivity contribution in [3.05, 3.63) is 12.4 Å². The van der Waals surface area contributed by atoms with Gasteiger partial charge in [0.2, 0.25) is 5.95 Å². The van der Waals surface area contributed by atoms with Crippen LogP contribution in [0.2, 0.25) is 0 Å². The Morgan fingerprint density at radius 1 is 1.30 bits per heavy atom. The van der Waals surface area contributed by atoms with Gasteiger partial charge in [-0.1, -0.05) is 13.8 Å². The average Bonchev–Trinajstić information content (AvgIpc) is 2.47. The largest absolute Gasteiger partial charge is 0.494 e. The van der Waals surface area contributed by atoms with E-state index in [1.807, 2.05) is 0 Å². The molecule has 1 fully saturated rings. The summed E-state index contributed by atoms with van der Waals surface area (Å²) in [5.41, 5.74) is 0. The number of nitrogens with zero attached hydrogens (tertiary/aromatic N) is 3. The predicted octanol–water partition coefficient (Wildman–Crippen LogP) is 2.11. The van der Waals surface area contributed by atoms with Crippen LogP contribution in [0, 0.1) is 11.8 Å². The molecule has 0 saturated carbocycles. The van der Waals surface area contributed by atoms with E-state index >= 15 is 0 Å². The summed E-state index contributed by atoms with van der Waals surface area (Å²) in [6.45, 7) is 6.13. The molecule has 0 bridgehead atoms. The van der Waals surface area contributed by atoms with Gasteiger partial charge >= 0.3 is 0 Å². The fraction of sp³-hybridized carbons (Fsp3) is 0.733. The van der Waals surface area contributed by atoms with Crippen molar-refractivity contribution in [2.45, 2.75) is 39.2 Å². The minimum atomic E-state index is -0.172. The van der Waals surface area contributed by atoms with Gasteiger partial charge in [-0.2, -0.15) is 0 Å². The monoisotopic (exact) mass is 279 g/mol. The van der Waals surface area contributed by atoms with Crippen molar-refractivity contribution in [1.82, 2.24) is 9.97 Å². The summed E-state index contributed by atoms with van der Waals surface area (Å²) >= 11 is 0. The Labute approximate surface area is 121 Å². The highest BCUT2D eigenvalue weighted by atomic mass is 16.5. The molecule has 1 aromatic rings. The molecule has 1 saturated heterocycles. The second kappa shape index (κ2) is 6.88. The lowest BCUT2D eigenvalue weighted by atomic mass is 9.87. The van der Waals surface area contributed by atoms with E-state index in [1.165, 1.54) is 0 Å². The summed E-state index contributed by atoms with van der Waals surface area (Å²) < 4.78 is 5.07. The molecule has 0 unspecified atom stereocenters. The third-order valence-electron chi connectivity index (χ3n) is 3.93. The fourth-order valence-corrected chi connectivity index (χ4v) is 2.74. The number of aromatic nitrogens is 2. The van der Waals surface area contributed by atoms with Crippen molar-refractivity contribution in [2.75, 3.05) is 25.1 Å². The minimum Gasteiger partial charge on any atom is -0.494 e. The first-order valence-corrected chi connectivity index (χ1v) is 7.39. The van der Waals surface area contributed by atoms with Gasteiger partial charge in [0.1, 0.15) is 0 Å². The second-order valence-electron chi connectivity index (χ2n) is 5.94. The van der Waals surface area contributed by atoms with E-state index in [2.05, 4.69) is 28.7 Å². The SMILES string of the molecule is COc1cnc(N2CCC([C@H](O)CC(C)C)CC2)nc1.